The first kappa shape index (κ1) is 19.8. The third kappa shape index (κ3) is 3.99. The van der Waals surface area contributed by atoms with E-state index in [1.807, 2.05) is 0 Å². The average molecular weight is 416 g/mol. The standard InChI is InChI=1S/C23H16N2O6/c1-30-16-10-11-21-18(12-16)20(26)13-22(31-21)14-6-8-15(9-7-14)24-23(27)17-4-2-3-5-19(17)25(28)29/h2-13H,1H3,(H,24,27). The van der Waals surface area contributed by atoms with Crippen molar-refractivity contribution in [2.45, 2.75) is 0 Å². The lowest BCUT2D eigenvalue weighted by Gasteiger charge is -2.08. The zero-order valence-electron chi connectivity index (χ0n) is 16.3. The minimum absolute atomic E-state index is 0.0347. The van der Waals surface area contributed by atoms with E-state index in [4.69, 9.17) is 9.15 Å². The Hall–Kier alpha value is -4.46. The van der Waals surface area contributed by atoms with Gasteiger partial charge >= 0.3 is 0 Å². The first-order chi connectivity index (χ1) is 15.0. The first-order valence-corrected chi connectivity index (χ1v) is 9.23. The maximum absolute atomic E-state index is 12.5. The SMILES string of the molecule is COc1ccc2oc(-c3ccc(NC(=O)c4ccccc4[N+](=O)[O-])cc3)cc(=O)c2c1. The molecule has 0 bridgehead atoms. The molecule has 8 nitrogen and oxygen atoms in total. The fraction of sp³-hybridized carbons (Fsp3) is 0.0435. The molecule has 154 valence electrons. The maximum atomic E-state index is 12.5. The second-order valence-corrected chi connectivity index (χ2v) is 6.64. The number of hydrogen-bond donors (Lipinski definition) is 1. The minimum atomic E-state index is -0.602. The molecule has 0 fully saturated rings. The van der Waals surface area contributed by atoms with E-state index in [1.165, 1.54) is 31.4 Å². The third-order valence-electron chi connectivity index (χ3n) is 4.71. The zero-order chi connectivity index (χ0) is 22.0. The van der Waals surface area contributed by atoms with E-state index in [1.54, 1.807) is 48.5 Å². The average Bonchev–Trinajstić information content (AvgIpc) is 2.79. The number of rotatable bonds is 5. The molecule has 31 heavy (non-hydrogen) atoms. The highest BCUT2D eigenvalue weighted by atomic mass is 16.6. The van der Waals surface area contributed by atoms with Gasteiger partial charge in [0.1, 0.15) is 22.7 Å². The number of hydrogen-bond acceptors (Lipinski definition) is 6. The number of nitro groups is 1. The number of methoxy groups -OCH3 is 1. The summed E-state index contributed by atoms with van der Waals surface area (Å²) in [6.45, 7) is 0. The number of anilines is 1. The molecule has 0 saturated carbocycles. The van der Waals surface area contributed by atoms with Crippen LogP contribution >= 0.6 is 0 Å². The van der Waals surface area contributed by atoms with E-state index in [-0.39, 0.29) is 16.7 Å². The molecule has 0 unspecified atom stereocenters. The Morgan fingerprint density at radius 3 is 2.48 bits per heavy atom. The second-order valence-electron chi connectivity index (χ2n) is 6.64. The maximum Gasteiger partial charge on any atom is 0.282 e. The van der Waals surface area contributed by atoms with Gasteiger partial charge in [-0.15, -0.1) is 0 Å². The molecule has 1 amide bonds. The van der Waals surface area contributed by atoms with Gasteiger partial charge in [-0.05, 0) is 48.5 Å². The number of ether oxygens (including phenoxy) is 1. The highest BCUT2D eigenvalue weighted by Gasteiger charge is 2.19. The first-order valence-electron chi connectivity index (χ1n) is 9.23. The summed E-state index contributed by atoms with van der Waals surface area (Å²) in [5.41, 5.74) is 0.998. The van der Waals surface area contributed by atoms with Crippen molar-refractivity contribution in [3.05, 3.63) is 98.7 Å². The summed E-state index contributed by atoms with van der Waals surface area (Å²) in [6.07, 6.45) is 0. The summed E-state index contributed by atoms with van der Waals surface area (Å²) >= 11 is 0. The van der Waals surface area contributed by atoms with Gasteiger partial charge in [-0.25, -0.2) is 0 Å². The Morgan fingerprint density at radius 2 is 1.77 bits per heavy atom. The smallest absolute Gasteiger partial charge is 0.282 e. The lowest BCUT2D eigenvalue weighted by Crippen LogP contribution is -2.13. The van der Waals surface area contributed by atoms with Crippen molar-refractivity contribution >= 4 is 28.3 Å². The van der Waals surface area contributed by atoms with Crippen LogP contribution in [0.3, 0.4) is 0 Å². The number of benzene rings is 3. The van der Waals surface area contributed by atoms with Crippen LogP contribution in [-0.2, 0) is 0 Å². The Labute approximate surface area is 175 Å². The van der Waals surface area contributed by atoms with Gasteiger partial charge in [-0.2, -0.15) is 0 Å². The number of amides is 1. The number of carbonyl (C=O) groups excluding carboxylic acids is 1. The van der Waals surface area contributed by atoms with E-state index in [0.717, 1.165) is 0 Å². The van der Waals surface area contributed by atoms with Crippen LogP contribution in [-0.4, -0.2) is 17.9 Å². The van der Waals surface area contributed by atoms with Crippen LogP contribution in [0.15, 0.2) is 82.0 Å². The van der Waals surface area contributed by atoms with E-state index in [0.29, 0.717) is 33.7 Å². The summed E-state index contributed by atoms with van der Waals surface area (Å²) < 4.78 is 11.0. The molecule has 1 N–H and O–H groups in total. The van der Waals surface area contributed by atoms with Crippen molar-refractivity contribution < 1.29 is 18.9 Å². The predicted molar refractivity (Wildman–Crippen MR) is 116 cm³/mol. The van der Waals surface area contributed by atoms with E-state index >= 15 is 0 Å². The predicted octanol–water partition coefficient (Wildman–Crippen LogP) is 4.63. The van der Waals surface area contributed by atoms with Crippen LogP contribution in [0, 0.1) is 10.1 Å². The molecule has 0 radical (unpaired) electrons. The molecule has 0 aliphatic rings. The Balaban J connectivity index is 1.60. The van der Waals surface area contributed by atoms with Crippen molar-refractivity contribution in [3.63, 3.8) is 0 Å². The number of para-hydroxylation sites is 1. The van der Waals surface area contributed by atoms with E-state index < -0.39 is 10.8 Å². The molecule has 1 heterocycles. The molecule has 0 saturated heterocycles. The van der Waals surface area contributed by atoms with Crippen molar-refractivity contribution in [2.75, 3.05) is 12.4 Å². The number of nitrogens with one attached hydrogen (secondary N) is 1. The lowest BCUT2D eigenvalue weighted by atomic mass is 10.1. The van der Waals surface area contributed by atoms with Crippen molar-refractivity contribution in [2.24, 2.45) is 0 Å². The van der Waals surface area contributed by atoms with Crippen LogP contribution in [0.1, 0.15) is 10.4 Å². The van der Waals surface area contributed by atoms with Gasteiger partial charge in [0, 0.05) is 23.4 Å². The number of nitrogens with zero attached hydrogens (tertiary/aromatic N) is 1. The highest BCUT2D eigenvalue weighted by Crippen LogP contribution is 2.26. The van der Waals surface area contributed by atoms with Gasteiger partial charge in [0.2, 0.25) is 0 Å². The Morgan fingerprint density at radius 1 is 1.03 bits per heavy atom. The normalized spacial score (nSPS) is 10.6. The fourth-order valence-electron chi connectivity index (χ4n) is 3.15. The van der Waals surface area contributed by atoms with Gasteiger partial charge < -0.3 is 14.5 Å². The van der Waals surface area contributed by atoms with Crippen molar-refractivity contribution in [3.8, 4) is 17.1 Å². The van der Waals surface area contributed by atoms with Crippen molar-refractivity contribution in [1.82, 2.24) is 0 Å². The van der Waals surface area contributed by atoms with Crippen LogP contribution in [0.4, 0.5) is 11.4 Å². The highest BCUT2D eigenvalue weighted by molar-refractivity contribution is 6.07. The monoisotopic (exact) mass is 416 g/mol. The molecule has 0 aliphatic heterocycles. The van der Waals surface area contributed by atoms with Gasteiger partial charge in [0.25, 0.3) is 11.6 Å². The molecule has 4 rings (SSSR count). The van der Waals surface area contributed by atoms with Gasteiger partial charge in [0.15, 0.2) is 5.43 Å². The zero-order valence-corrected chi connectivity index (χ0v) is 16.3. The second kappa shape index (κ2) is 8.11. The largest absolute Gasteiger partial charge is 0.497 e. The summed E-state index contributed by atoms with van der Waals surface area (Å²) in [4.78, 5) is 35.4. The van der Waals surface area contributed by atoms with Crippen molar-refractivity contribution in [1.29, 1.82) is 0 Å². The Kier molecular flexibility index (Phi) is 5.19. The van der Waals surface area contributed by atoms with Crippen LogP contribution < -0.4 is 15.5 Å². The van der Waals surface area contributed by atoms with Crippen LogP contribution in [0.2, 0.25) is 0 Å². The molecule has 0 aliphatic carbocycles. The number of nitro benzene ring substituents is 1. The molecule has 8 heteroatoms. The molecule has 0 atom stereocenters. The van der Waals surface area contributed by atoms with Gasteiger partial charge in [-0.3, -0.25) is 19.7 Å². The molecule has 1 aromatic heterocycles. The van der Waals surface area contributed by atoms with E-state index in [9.17, 15) is 19.7 Å². The summed E-state index contributed by atoms with van der Waals surface area (Å²) in [5, 5.41) is 14.2. The van der Waals surface area contributed by atoms with Crippen LogP contribution in [0.25, 0.3) is 22.3 Å². The molecule has 3 aromatic carbocycles. The minimum Gasteiger partial charge on any atom is -0.497 e. The molecule has 4 aromatic rings. The van der Waals surface area contributed by atoms with Crippen LogP contribution in [0.5, 0.6) is 5.75 Å². The number of fused-ring (bicyclic) bond motifs is 1. The van der Waals surface area contributed by atoms with Gasteiger partial charge in [-0.1, -0.05) is 12.1 Å². The lowest BCUT2D eigenvalue weighted by molar-refractivity contribution is -0.385. The van der Waals surface area contributed by atoms with E-state index in [2.05, 4.69) is 5.32 Å². The fourth-order valence-corrected chi connectivity index (χ4v) is 3.15. The quantitative estimate of drug-likeness (QED) is 0.375. The summed E-state index contributed by atoms with van der Waals surface area (Å²) in [7, 11) is 1.52. The molecular weight excluding hydrogens is 400 g/mol. The molecular formula is C23H16N2O6. The number of carbonyl (C=O) groups is 1. The topological polar surface area (TPSA) is 112 Å². The summed E-state index contributed by atoms with van der Waals surface area (Å²) in [6, 6.07) is 18.7. The third-order valence-corrected chi connectivity index (χ3v) is 4.71. The van der Waals surface area contributed by atoms with Gasteiger partial charge in [0.05, 0.1) is 17.4 Å². The molecule has 0 spiro atoms. The Bertz CT molecular complexity index is 1360. The summed E-state index contributed by atoms with van der Waals surface area (Å²) in [5.74, 6) is 0.344.